The largest absolute Gasteiger partial charge is 0.390 e. The second-order valence-corrected chi connectivity index (χ2v) is 1.57. The van der Waals surface area contributed by atoms with Crippen molar-refractivity contribution < 1.29 is 14.8 Å². The molecule has 0 atom stereocenters. The predicted octanol–water partition coefficient (Wildman–Crippen LogP) is -1.32. The Morgan fingerprint density at radius 3 is 1.75 bits per heavy atom. The molecule has 48 valence electrons. The summed E-state index contributed by atoms with van der Waals surface area (Å²) in [6, 6.07) is 0. The standard InChI is InChI=1S/C5H12NO2/c1-6(2-4-7)3-5-8/h7-8H,1-5H2/q+1. The average molecular weight is 118 g/mol. The van der Waals surface area contributed by atoms with Crippen molar-refractivity contribution in [1.29, 1.82) is 0 Å². The summed E-state index contributed by atoms with van der Waals surface area (Å²) in [7, 11) is 0. The Bertz CT molecular complexity index is 64.8. The van der Waals surface area contributed by atoms with Gasteiger partial charge in [-0.15, -0.1) is 0 Å². The van der Waals surface area contributed by atoms with Gasteiger partial charge in [0.2, 0.25) is 0 Å². The summed E-state index contributed by atoms with van der Waals surface area (Å²) in [5, 5.41) is 16.6. The molecule has 0 aliphatic rings. The van der Waals surface area contributed by atoms with Gasteiger partial charge < -0.3 is 10.2 Å². The number of hydrogen-bond donors (Lipinski definition) is 2. The zero-order chi connectivity index (χ0) is 6.41. The second-order valence-electron chi connectivity index (χ2n) is 1.57. The van der Waals surface area contributed by atoms with Crippen LogP contribution < -0.4 is 0 Å². The molecule has 0 unspecified atom stereocenters. The Kier molecular flexibility index (Phi) is 4.50. The maximum atomic E-state index is 8.30. The first-order valence-electron chi connectivity index (χ1n) is 2.58. The van der Waals surface area contributed by atoms with E-state index in [4.69, 9.17) is 10.2 Å². The van der Waals surface area contributed by atoms with Crippen molar-refractivity contribution in [3.05, 3.63) is 0 Å². The van der Waals surface area contributed by atoms with Gasteiger partial charge in [0.15, 0.2) is 13.1 Å². The molecule has 0 aromatic carbocycles. The molecule has 0 spiro atoms. The van der Waals surface area contributed by atoms with Crippen LogP contribution in [0.1, 0.15) is 0 Å². The SMILES string of the molecule is C=[N+](CCO)CCO. The van der Waals surface area contributed by atoms with Gasteiger partial charge in [-0.25, -0.2) is 4.58 Å². The van der Waals surface area contributed by atoms with Gasteiger partial charge in [0, 0.05) is 0 Å². The van der Waals surface area contributed by atoms with Crippen LogP contribution in [0.3, 0.4) is 0 Å². The number of aliphatic hydroxyl groups is 2. The predicted molar refractivity (Wildman–Crippen MR) is 31.3 cm³/mol. The summed E-state index contributed by atoms with van der Waals surface area (Å²) >= 11 is 0. The molecule has 0 rings (SSSR count). The van der Waals surface area contributed by atoms with Crippen molar-refractivity contribution in [3.8, 4) is 0 Å². The third kappa shape index (κ3) is 3.77. The average Bonchev–Trinajstić information content (AvgIpc) is 1.68. The molecule has 3 nitrogen and oxygen atoms in total. The molecule has 0 aromatic heterocycles. The second kappa shape index (κ2) is 4.74. The van der Waals surface area contributed by atoms with E-state index in [0.29, 0.717) is 13.1 Å². The van der Waals surface area contributed by atoms with Crippen LogP contribution in [-0.4, -0.2) is 47.8 Å². The zero-order valence-corrected chi connectivity index (χ0v) is 4.88. The Balaban J connectivity index is 3.06. The molecule has 0 radical (unpaired) electrons. The molecule has 0 amide bonds. The fourth-order valence-corrected chi connectivity index (χ4v) is 0.395. The highest BCUT2D eigenvalue weighted by Crippen LogP contribution is 1.67. The minimum Gasteiger partial charge on any atom is -0.390 e. The van der Waals surface area contributed by atoms with Crippen molar-refractivity contribution in [2.75, 3.05) is 26.3 Å². The van der Waals surface area contributed by atoms with Gasteiger partial charge in [0.05, 0.1) is 0 Å². The van der Waals surface area contributed by atoms with Crippen LogP contribution >= 0.6 is 0 Å². The highest BCUT2D eigenvalue weighted by Gasteiger charge is 1.94. The van der Waals surface area contributed by atoms with E-state index in [1.165, 1.54) is 0 Å². The van der Waals surface area contributed by atoms with Crippen molar-refractivity contribution in [1.82, 2.24) is 0 Å². The van der Waals surface area contributed by atoms with Crippen LogP contribution in [0, 0.1) is 0 Å². The summed E-state index contributed by atoms with van der Waals surface area (Å²) in [5.74, 6) is 0. The molecule has 0 bridgehead atoms. The topological polar surface area (TPSA) is 43.5 Å². The Morgan fingerprint density at radius 1 is 1.12 bits per heavy atom. The molecule has 3 heteroatoms. The number of hydrogen-bond acceptors (Lipinski definition) is 2. The highest BCUT2D eigenvalue weighted by molar-refractivity contribution is 5.14. The molecule has 8 heavy (non-hydrogen) atoms. The van der Waals surface area contributed by atoms with Crippen LogP contribution in [0.5, 0.6) is 0 Å². The first-order chi connectivity index (χ1) is 3.81. The lowest BCUT2D eigenvalue weighted by atomic mass is 10.6. The summed E-state index contributed by atoms with van der Waals surface area (Å²) < 4.78 is 1.61. The van der Waals surface area contributed by atoms with Crippen molar-refractivity contribution in [2.45, 2.75) is 0 Å². The molecule has 0 saturated heterocycles. The molecular weight excluding hydrogens is 106 g/mol. The van der Waals surface area contributed by atoms with Crippen LogP contribution in [0.25, 0.3) is 0 Å². The van der Waals surface area contributed by atoms with Crippen molar-refractivity contribution in [2.24, 2.45) is 0 Å². The van der Waals surface area contributed by atoms with E-state index in [2.05, 4.69) is 6.72 Å². The molecule has 0 aliphatic carbocycles. The van der Waals surface area contributed by atoms with Gasteiger partial charge >= 0.3 is 0 Å². The van der Waals surface area contributed by atoms with Crippen LogP contribution in [0.4, 0.5) is 0 Å². The van der Waals surface area contributed by atoms with E-state index < -0.39 is 0 Å². The third-order valence-electron chi connectivity index (χ3n) is 0.832. The van der Waals surface area contributed by atoms with E-state index in [1.54, 1.807) is 4.58 Å². The molecule has 0 saturated carbocycles. The Morgan fingerprint density at radius 2 is 1.50 bits per heavy atom. The lowest BCUT2D eigenvalue weighted by molar-refractivity contribution is -0.523. The van der Waals surface area contributed by atoms with Gasteiger partial charge in [-0.2, -0.15) is 0 Å². The number of aliphatic hydroxyl groups excluding tert-OH is 2. The zero-order valence-electron chi connectivity index (χ0n) is 4.88. The van der Waals surface area contributed by atoms with Gasteiger partial charge in [-0.3, -0.25) is 0 Å². The van der Waals surface area contributed by atoms with Gasteiger partial charge in [0.25, 0.3) is 0 Å². The summed E-state index contributed by atoms with van der Waals surface area (Å²) in [6.45, 7) is 4.79. The van der Waals surface area contributed by atoms with Crippen LogP contribution in [0.15, 0.2) is 0 Å². The fourth-order valence-electron chi connectivity index (χ4n) is 0.395. The van der Waals surface area contributed by atoms with E-state index in [-0.39, 0.29) is 13.2 Å². The van der Waals surface area contributed by atoms with Crippen molar-refractivity contribution in [3.63, 3.8) is 0 Å². The van der Waals surface area contributed by atoms with E-state index in [1.807, 2.05) is 0 Å². The Labute approximate surface area is 48.9 Å². The minimum absolute atomic E-state index is 0.101. The monoisotopic (exact) mass is 118 g/mol. The molecular formula is C5H12NO2+. The maximum Gasteiger partial charge on any atom is 0.165 e. The summed E-state index contributed by atoms with van der Waals surface area (Å²) in [5.41, 5.74) is 0. The van der Waals surface area contributed by atoms with E-state index >= 15 is 0 Å². The third-order valence-corrected chi connectivity index (χ3v) is 0.832. The smallest absolute Gasteiger partial charge is 0.165 e. The molecule has 0 aromatic rings. The summed E-state index contributed by atoms with van der Waals surface area (Å²) in [6.07, 6.45) is 0. The van der Waals surface area contributed by atoms with Gasteiger partial charge in [-0.1, -0.05) is 0 Å². The van der Waals surface area contributed by atoms with Crippen molar-refractivity contribution >= 4 is 6.72 Å². The molecule has 0 fully saturated rings. The Hall–Kier alpha value is -0.410. The van der Waals surface area contributed by atoms with Gasteiger partial charge in [0.1, 0.15) is 19.9 Å². The highest BCUT2D eigenvalue weighted by atomic mass is 16.3. The fraction of sp³-hybridized carbons (Fsp3) is 0.800. The lowest BCUT2D eigenvalue weighted by Crippen LogP contribution is -2.17. The first kappa shape index (κ1) is 7.59. The minimum atomic E-state index is 0.101. The molecule has 0 aliphatic heterocycles. The quantitative estimate of drug-likeness (QED) is 0.355. The van der Waals surface area contributed by atoms with Crippen LogP contribution in [-0.2, 0) is 0 Å². The van der Waals surface area contributed by atoms with Gasteiger partial charge in [-0.05, 0) is 0 Å². The van der Waals surface area contributed by atoms with E-state index in [9.17, 15) is 0 Å². The molecule has 2 N–H and O–H groups in total. The number of nitrogens with zero attached hydrogens (tertiary/aromatic N) is 1. The van der Waals surface area contributed by atoms with Crippen LogP contribution in [0.2, 0.25) is 0 Å². The number of rotatable bonds is 4. The lowest BCUT2D eigenvalue weighted by Gasteiger charge is -1.93. The maximum absolute atomic E-state index is 8.30. The first-order valence-corrected chi connectivity index (χ1v) is 2.58. The molecule has 0 heterocycles. The normalized spacial score (nSPS) is 9.25. The van der Waals surface area contributed by atoms with E-state index in [0.717, 1.165) is 0 Å². The summed E-state index contributed by atoms with van der Waals surface area (Å²) in [4.78, 5) is 0.